The Balaban J connectivity index is 0.811. The molecule has 3 amide bonds. The van der Waals surface area contributed by atoms with Crippen LogP contribution in [0, 0.1) is 23.0 Å². The van der Waals surface area contributed by atoms with Gasteiger partial charge < -0.3 is 14.7 Å². The van der Waals surface area contributed by atoms with Crippen LogP contribution in [0.4, 0.5) is 17.6 Å². The van der Waals surface area contributed by atoms with Crippen molar-refractivity contribution >= 4 is 40.2 Å². The number of likely N-dealkylation sites (tertiary alicyclic amines) is 1. The van der Waals surface area contributed by atoms with Crippen molar-refractivity contribution in [2.45, 2.75) is 116 Å². The van der Waals surface area contributed by atoms with Gasteiger partial charge in [-0.25, -0.2) is 17.6 Å². The number of amides is 3. The monoisotopic (exact) mass is 867 g/mol. The minimum atomic E-state index is -2.72. The Kier molecular flexibility index (Phi) is 11.4. The van der Waals surface area contributed by atoms with Gasteiger partial charge in [-0.15, -0.1) is 0 Å². The Morgan fingerprint density at radius 3 is 2.08 bits per heavy atom. The summed E-state index contributed by atoms with van der Waals surface area (Å²) in [5.41, 5.74) is 4.37. The van der Waals surface area contributed by atoms with Crippen LogP contribution in [0.3, 0.4) is 0 Å². The van der Waals surface area contributed by atoms with Gasteiger partial charge in [0.2, 0.25) is 0 Å². The molecule has 3 atom stereocenters. The van der Waals surface area contributed by atoms with Crippen molar-refractivity contribution in [1.29, 1.82) is 0 Å². The van der Waals surface area contributed by atoms with Gasteiger partial charge in [0, 0.05) is 72.9 Å². The molecule has 5 heterocycles. The second-order valence-corrected chi connectivity index (χ2v) is 18.9. The van der Waals surface area contributed by atoms with Gasteiger partial charge in [-0.1, -0.05) is 18.2 Å². The molecule has 9 rings (SSSR count). The van der Waals surface area contributed by atoms with Crippen LogP contribution in [0.5, 0.6) is 0 Å². The molecule has 63 heavy (non-hydrogen) atoms. The summed E-state index contributed by atoms with van der Waals surface area (Å²) < 4.78 is 60.4. The number of nitrogens with one attached hydrogen (secondary N) is 1. The van der Waals surface area contributed by atoms with Crippen molar-refractivity contribution < 1.29 is 41.5 Å². The summed E-state index contributed by atoms with van der Waals surface area (Å²) in [6, 6.07) is 10.7. The average molecular weight is 868 g/mol. The van der Waals surface area contributed by atoms with Crippen LogP contribution in [0.15, 0.2) is 48.5 Å². The number of hydrogen-bond acceptors (Lipinski definition) is 7. The van der Waals surface area contributed by atoms with Crippen molar-refractivity contribution in [3.8, 4) is 0 Å². The number of alkyl halides is 2. The first-order valence-electron chi connectivity index (χ1n) is 22.3. The van der Waals surface area contributed by atoms with E-state index >= 15 is 8.78 Å². The number of ketones is 2. The molecule has 1 N–H and O–H groups in total. The number of para-hydroxylation sites is 1. The van der Waals surface area contributed by atoms with Crippen molar-refractivity contribution in [3.63, 3.8) is 0 Å². The van der Waals surface area contributed by atoms with Gasteiger partial charge in [0.15, 0.2) is 5.78 Å². The number of benzene rings is 3. The predicted octanol–water partition coefficient (Wildman–Crippen LogP) is 8.40. The standard InChI is InChI=1S/C49H53F4N5O5/c1-27-18-35-34-6-4-5-7-40(34)54-44(35)45(57(27)26-42(52)53)43-38(50)21-31(22-39(43)51)46(61)56-16-14-49(15-17-56)12-10-30(11-13-49)23-55-24-32-19-36-37(20-33(32)25-55)48(63)58(47(36)62)41(29(3)60)9-8-28(2)59/h4-7,19-22,27,30,41-42,45,54H,8-18,23-26H2,1-3H3/t27-,41?,45?/m1/s1. The number of hydrogen-bond donors (Lipinski definition) is 1. The molecule has 4 aliphatic heterocycles. The van der Waals surface area contributed by atoms with Crippen molar-refractivity contribution in [2.24, 2.45) is 11.3 Å². The lowest BCUT2D eigenvalue weighted by Gasteiger charge is -2.46. The summed E-state index contributed by atoms with van der Waals surface area (Å²) in [6.45, 7) is 7.02. The minimum Gasteiger partial charge on any atom is -0.357 e. The van der Waals surface area contributed by atoms with Crippen LogP contribution >= 0.6 is 0 Å². The molecular weight excluding hydrogens is 815 g/mol. The first kappa shape index (κ1) is 43.1. The van der Waals surface area contributed by atoms with Crippen molar-refractivity contribution in [1.82, 2.24) is 24.6 Å². The zero-order chi connectivity index (χ0) is 44.5. The molecule has 1 saturated carbocycles. The molecule has 5 aliphatic rings. The van der Waals surface area contributed by atoms with E-state index in [0.29, 0.717) is 55.3 Å². The zero-order valence-corrected chi connectivity index (χ0v) is 36.0. The lowest BCUT2D eigenvalue weighted by Crippen LogP contribution is -2.46. The van der Waals surface area contributed by atoms with Gasteiger partial charge in [-0.2, -0.15) is 0 Å². The number of carbonyl (C=O) groups excluding carboxylic acids is 5. The van der Waals surface area contributed by atoms with Crippen LogP contribution in [0.2, 0.25) is 0 Å². The van der Waals surface area contributed by atoms with Crippen LogP contribution in [-0.2, 0) is 29.1 Å². The van der Waals surface area contributed by atoms with E-state index in [0.717, 1.165) is 89.7 Å². The van der Waals surface area contributed by atoms with E-state index in [4.69, 9.17) is 0 Å². The normalized spacial score (nSPS) is 22.0. The lowest BCUT2D eigenvalue weighted by molar-refractivity contribution is -0.121. The molecule has 0 radical (unpaired) electrons. The van der Waals surface area contributed by atoms with Crippen LogP contribution in [0.1, 0.15) is 137 Å². The largest absolute Gasteiger partial charge is 0.357 e. The molecule has 10 nitrogen and oxygen atoms in total. The fraction of sp³-hybridized carbons (Fsp3) is 0.490. The average Bonchev–Trinajstić information content (AvgIpc) is 3.89. The highest BCUT2D eigenvalue weighted by Gasteiger charge is 2.45. The van der Waals surface area contributed by atoms with E-state index in [1.807, 2.05) is 24.3 Å². The number of rotatable bonds is 11. The van der Waals surface area contributed by atoms with E-state index in [-0.39, 0.29) is 41.0 Å². The number of aromatic nitrogens is 1. The topological polar surface area (TPSA) is 114 Å². The molecule has 3 aromatic carbocycles. The van der Waals surface area contributed by atoms with Gasteiger partial charge in [-0.3, -0.25) is 33.9 Å². The van der Waals surface area contributed by atoms with E-state index in [1.165, 1.54) is 18.7 Å². The Labute approximate surface area is 363 Å². The van der Waals surface area contributed by atoms with Crippen LogP contribution < -0.4 is 0 Å². The number of aromatic amines is 1. The van der Waals surface area contributed by atoms with Crippen LogP contribution in [0.25, 0.3) is 10.9 Å². The highest BCUT2D eigenvalue weighted by atomic mass is 19.3. The van der Waals surface area contributed by atoms with Gasteiger partial charge in [0.25, 0.3) is 24.1 Å². The Morgan fingerprint density at radius 1 is 0.873 bits per heavy atom. The van der Waals surface area contributed by atoms with Crippen molar-refractivity contribution in [2.75, 3.05) is 26.2 Å². The molecule has 4 aromatic rings. The summed E-state index contributed by atoms with van der Waals surface area (Å²) in [7, 11) is 0. The summed E-state index contributed by atoms with van der Waals surface area (Å²) in [4.78, 5) is 74.6. The maximum absolute atomic E-state index is 16.3. The second-order valence-electron chi connectivity index (χ2n) is 18.9. The van der Waals surface area contributed by atoms with Gasteiger partial charge >= 0.3 is 0 Å². The number of carbonyl (C=O) groups is 5. The van der Waals surface area contributed by atoms with Gasteiger partial charge in [0.05, 0.1) is 29.8 Å². The van der Waals surface area contributed by atoms with E-state index in [1.54, 1.807) is 24.0 Å². The third-order valence-electron chi connectivity index (χ3n) is 14.8. The maximum atomic E-state index is 16.3. The first-order chi connectivity index (χ1) is 30.1. The molecule has 1 aliphatic carbocycles. The second kappa shape index (κ2) is 16.7. The quantitative estimate of drug-likeness (QED) is 0.119. The molecule has 0 bridgehead atoms. The number of nitrogens with zero attached hydrogens (tertiary/aromatic N) is 4. The summed E-state index contributed by atoms with van der Waals surface area (Å²) >= 11 is 0. The Morgan fingerprint density at radius 2 is 1.49 bits per heavy atom. The smallest absolute Gasteiger partial charge is 0.262 e. The third-order valence-corrected chi connectivity index (χ3v) is 14.8. The molecule has 2 fully saturated rings. The summed E-state index contributed by atoms with van der Waals surface area (Å²) in [5.74, 6) is -3.27. The Hall–Kier alpha value is -5.21. The fourth-order valence-electron chi connectivity index (χ4n) is 11.4. The number of piperidine rings is 1. The number of imide groups is 1. The first-order valence-corrected chi connectivity index (χ1v) is 22.3. The summed E-state index contributed by atoms with van der Waals surface area (Å²) in [5, 5.41) is 0.892. The highest BCUT2D eigenvalue weighted by molar-refractivity contribution is 6.23. The van der Waals surface area contributed by atoms with Gasteiger partial charge in [0.1, 0.15) is 17.4 Å². The van der Waals surface area contributed by atoms with Gasteiger partial charge in [-0.05, 0) is 130 Å². The number of H-pyrrole nitrogens is 1. The predicted molar refractivity (Wildman–Crippen MR) is 227 cm³/mol. The fourth-order valence-corrected chi connectivity index (χ4v) is 11.4. The summed E-state index contributed by atoms with van der Waals surface area (Å²) in [6.07, 6.45) is 3.60. The lowest BCUT2D eigenvalue weighted by atomic mass is 9.65. The number of Topliss-reactive ketones (excluding diaryl/α,β-unsaturated/α-hetero) is 2. The molecule has 1 saturated heterocycles. The highest BCUT2D eigenvalue weighted by Crippen LogP contribution is 2.48. The number of fused-ring (bicyclic) bond motifs is 5. The maximum Gasteiger partial charge on any atom is 0.262 e. The molecule has 332 valence electrons. The molecular formula is C49H53F4N5O5. The third kappa shape index (κ3) is 7.91. The van der Waals surface area contributed by atoms with E-state index in [9.17, 15) is 32.8 Å². The SMILES string of the molecule is CC(=O)CCC(C(C)=O)N1C(=O)c2cc3c(cc2C1=O)CN(CC1CCC2(CC1)CCN(C(=O)c1cc(F)c(C4c5[nH]c6ccccc6c5C[C@@H](C)N4CC(F)F)c(F)c1)CC2)C3. The van der Waals surface area contributed by atoms with Crippen LogP contribution in [-0.4, -0.2) is 98.6 Å². The molecule has 2 unspecified atom stereocenters. The van der Waals surface area contributed by atoms with E-state index < -0.39 is 60.5 Å². The molecule has 1 spiro atoms. The minimum absolute atomic E-state index is 0.0836. The number of halogens is 4. The van der Waals surface area contributed by atoms with E-state index in [2.05, 4.69) is 9.88 Å². The zero-order valence-electron chi connectivity index (χ0n) is 36.0. The van der Waals surface area contributed by atoms with Crippen molar-refractivity contribution in [3.05, 3.63) is 105 Å². The molecule has 1 aromatic heterocycles. The molecule has 14 heteroatoms. The Bertz CT molecular complexity index is 2450.